The van der Waals surface area contributed by atoms with Crippen molar-refractivity contribution in [2.75, 3.05) is 11.9 Å². The van der Waals surface area contributed by atoms with E-state index in [9.17, 15) is 23.1 Å². The third-order valence-corrected chi connectivity index (χ3v) is 4.38. The van der Waals surface area contributed by atoms with E-state index in [1.165, 1.54) is 48.5 Å². The second-order valence-electron chi connectivity index (χ2n) is 4.74. The van der Waals surface area contributed by atoms with Gasteiger partial charge in [0, 0.05) is 11.3 Å². The van der Waals surface area contributed by atoms with E-state index in [1.807, 2.05) is 4.72 Å². The Balaban J connectivity index is 2.08. The molecule has 0 unspecified atom stereocenters. The Labute approximate surface area is 137 Å². The summed E-state index contributed by atoms with van der Waals surface area (Å²) in [7, 11) is -3.93. The number of amides is 1. The molecule has 0 atom stereocenters. The minimum absolute atomic E-state index is 0.0370. The smallest absolute Gasteiger partial charge is 0.318 e. The maximum absolute atomic E-state index is 12.0. The van der Waals surface area contributed by atoms with E-state index in [4.69, 9.17) is 5.11 Å². The quantitative estimate of drug-likeness (QED) is 0.614. The van der Waals surface area contributed by atoms with Gasteiger partial charge in [-0.05, 0) is 48.5 Å². The van der Waals surface area contributed by atoms with Crippen LogP contribution in [-0.4, -0.2) is 37.1 Å². The highest BCUT2D eigenvalue weighted by molar-refractivity contribution is 7.89. The summed E-state index contributed by atoms with van der Waals surface area (Å²) in [4.78, 5) is 22.3. The summed E-state index contributed by atoms with van der Waals surface area (Å²) in [5.74, 6) is -1.68. The number of carbonyl (C=O) groups excluding carboxylic acids is 1. The van der Waals surface area contributed by atoms with Crippen LogP contribution in [0, 0.1) is 0 Å². The fourth-order valence-electron chi connectivity index (χ4n) is 1.77. The Morgan fingerprint density at radius 1 is 0.958 bits per heavy atom. The maximum Gasteiger partial charge on any atom is 0.318 e. The van der Waals surface area contributed by atoms with Crippen LogP contribution >= 0.6 is 0 Å². The first kappa shape index (κ1) is 17.4. The standard InChI is InChI=1S/C15H14N2O6S/c18-12-5-1-10(2-6-12)15(21)17-11-3-7-13(8-4-11)24(22,23)16-9-14(19)20/h1-8,16,18H,9H2,(H,17,21)(H,19,20). The van der Waals surface area contributed by atoms with E-state index in [2.05, 4.69) is 5.32 Å². The van der Waals surface area contributed by atoms with E-state index in [0.717, 1.165) is 0 Å². The van der Waals surface area contributed by atoms with Crippen LogP contribution in [0.3, 0.4) is 0 Å². The number of anilines is 1. The van der Waals surface area contributed by atoms with E-state index in [-0.39, 0.29) is 10.6 Å². The van der Waals surface area contributed by atoms with Gasteiger partial charge in [-0.2, -0.15) is 4.72 Å². The Hall–Kier alpha value is -2.91. The van der Waals surface area contributed by atoms with Gasteiger partial charge in [-0.25, -0.2) is 8.42 Å². The molecule has 0 aliphatic rings. The third-order valence-electron chi connectivity index (χ3n) is 2.97. The Kier molecular flexibility index (Phi) is 5.17. The first-order valence-corrected chi connectivity index (χ1v) is 8.18. The number of carboxylic acids is 1. The van der Waals surface area contributed by atoms with Crippen molar-refractivity contribution >= 4 is 27.6 Å². The van der Waals surface area contributed by atoms with E-state index >= 15 is 0 Å². The average molecular weight is 350 g/mol. The molecule has 4 N–H and O–H groups in total. The van der Waals surface area contributed by atoms with Crippen molar-refractivity contribution < 1.29 is 28.2 Å². The molecule has 126 valence electrons. The molecule has 2 rings (SSSR count). The molecule has 0 saturated heterocycles. The lowest BCUT2D eigenvalue weighted by Gasteiger charge is -2.08. The molecule has 0 aromatic heterocycles. The van der Waals surface area contributed by atoms with Crippen LogP contribution in [-0.2, 0) is 14.8 Å². The molecular weight excluding hydrogens is 336 g/mol. The molecule has 0 aliphatic heterocycles. The number of benzene rings is 2. The highest BCUT2D eigenvalue weighted by atomic mass is 32.2. The molecule has 0 bridgehead atoms. The van der Waals surface area contributed by atoms with Crippen molar-refractivity contribution in [3.05, 3.63) is 54.1 Å². The van der Waals surface area contributed by atoms with Gasteiger partial charge in [0.25, 0.3) is 5.91 Å². The number of nitrogens with one attached hydrogen (secondary N) is 2. The number of rotatable bonds is 6. The SMILES string of the molecule is O=C(O)CNS(=O)(=O)c1ccc(NC(=O)c2ccc(O)cc2)cc1. The van der Waals surface area contributed by atoms with Crippen molar-refractivity contribution in [2.45, 2.75) is 4.90 Å². The molecule has 0 radical (unpaired) electrons. The number of carbonyl (C=O) groups is 2. The minimum Gasteiger partial charge on any atom is -0.508 e. The number of phenols is 1. The van der Waals surface area contributed by atoms with Gasteiger partial charge in [0.2, 0.25) is 10.0 Å². The van der Waals surface area contributed by atoms with Crippen LogP contribution in [0.25, 0.3) is 0 Å². The lowest BCUT2D eigenvalue weighted by atomic mass is 10.2. The molecule has 0 heterocycles. The highest BCUT2D eigenvalue weighted by Gasteiger charge is 2.15. The molecule has 2 aromatic carbocycles. The number of carboxylic acid groups (broad SMARTS) is 1. The molecule has 8 nitrogen and oxygen atoms in total. The predicted octanol–water partition coefficient (Wildman–Crippen LogP) is 1.01. The number of hydrogen-bond donors (Lipinski definition) is 4. The molecule has 0 aliphatic carbocycles. The lowest BCUT2D eigenvalue weighted by Crippen LogP contribution is -2.29. The van der Waals surface area contributed by atoms with Gasteiger partial charge in [-0.15, -0.1) is 0 Å². The van der Waals surface area contributed by atoms with Crippen LogP contribution in [0.4, 0.5) is 5.69 Å². The van der Waals surface area contributed by atoms with Crippen LogP contribution in [0.1, 0.15) is 10.4 Å². The molecular formula is C15H14N2O6S. The zero-order chi connectivity index (χ0) is 17.7. The summed E-state index contributed by atoms with van der Waals surface area (Å²) in [5.41, 5.74) is 0.692. The monoisotopic (exact) mass is 350 g/mol. The van der Waals surface area contributed by atoms with E-state index in [1.54, 1.807) is 0 Å². The van der Waals surface area contributed by atoms with Crippen molar-refractivity contribution in [1.29, 1.82) is 0 Å². The summed E-state index contributed by atoms with van der Waals surface area (Å²) in [6.45, 7) is -0.721. The first-order chi connectivity index (χ1) is 11.3. The number of hydrogen-bond acceptors (Lipinski definition) is 5. The van der Waals surface area contributed by atoms with Crippen molar-refractivity contribution in [2.24, 2.45) is 0 Å². The zero-order valence-corrected chi connectivity index (χ0v) is 13.1. The lowest BCUT2D eigenvalue weighted by molar-refractivity contribution is -0.135. The number of phenolic OH excluding ortho intramolecular Hbond substituents is 1. The van der Waals surface area contributed by atoms with Gasteiger partial charge in [0.1, 0.15) is 12.3 Å². The highest BCUT2D eigenvalue weighted by Crippen LogP contribution is 2.16. The predicted molar refractivity (Wildman–Crippen MR) is 85.3 cm³/mol. The number of aliphatic carboxylic acids is 1. The number of aromatic hydroxyl groups is 1. The number of sulfonamides is 1. The van der Waals surface area contributed by atoms with Gasteiger partial charge < -0.3 is 15.5 Å². The second-order valence-corrected chi connectivity index (χ2v) is 6.51. The summed E-state index contributed by atoms with van der Waals surface area (Å²) in [6.07, 6.45) is 0. The normalized spacial score (nSPS) is 11.0. The second kappa shape index (κ2) is 7.11. The molecule has 24 heavy (non-hydrogen) atoms. The van der Waals surface area contributed by atoms with Gasteiger partial charge >= 0.3 is 5.97 Å². The van der Waals surface area contributed by atoms with Crippen molar-refractivity contribution in [1.82, 2.24) is 4.72 Å². The Morgan fingerprint density at radius 3 is 2.08 bits per heavy atom. The summed E-state index contributed by atoms with van der Waals surface area (Å²) >= 11 is 0. The topological polar surface area (TPSA) is 133 Å². The van der Waals surface area contributed by atoms with E-state index in [0.29, 0.717) is 11.3 Å². The molecule has 9 heteroatoms. The molecule has 2 aromatic rings. The van der Waals surface area contributed by atoms with Crippen molar-refractivity contribution in [3.8, 4) is 5.75 Å². The maximum atomic E-state index is 12.0. The third kappa shape index (κ3) is 4.54. The van der Waals surface area contributed by atoms with E-state index < -0.39 is 28.4 Å². The van der Waals surface area contributed by atoms with Gasteiger partial charge in [-0.1, -0.05) is 0 Å². The van der Waals surface area contributed by atoms with Gasteiger partial charge in [-0.3, -0.25) is 9.59 Å². The average Bonchev–Trinajstić information content (AvgIpc) is 2.54. The molecule has 0 saturated carbocycles. The van der Waals surface area contributed by atoms with Crippen LogP contribution in [0.5, 0.6) is 5.75 Å². The van der Waals surface area contributed by atoms with Crippen LogP contribution in [0.15, 0.2) is 53.4 Å². The van der Waals surface area contributed by atoms with Gasteiger partial charge in [0.15, 0.2) is 0 Å². The molecule has 0 fully saturated rings. The Morgan fingerprint density at radius 2 is 1.54 bits per heavy atom. The fraction of sp³-hybridized carbons (Fsp3) is 0.0667. The molecule has 0 spiro atoms. The minimum atomic E-state index is -3.93. The summed E-state index contributed by atoms with van der Waals surface area (Å²) in [6, 6.07) is 10.9. The zero-order valence-electron chi connectivity index (χ0n) is 12.3. The summed E-state index contributed by atoms with van der Waals surface area (Å²) in [5, 5.41) is 20.3. The van der Waals surface area contributed by atoms with Crippen LogP contribution in [0.2, 0.25) is 0 Å². The van der Waals surface area contributed by atoms with Crippen LogP contribution < -0.4 is 10.0 Å². The van der Waals surface area contributed by atoms with Gasteiger partial charge in [0.05, 0.1) is 4.90 Å². The van der Waals surface area contributed by atoms with Crippen molar-refractivity contribution in [3.63, 3.8) is 0 Å². The largest absolute Gasteiger partial charge is 0.508 e. The summed E-state index contributed by atoms with van der Waals surface area (Å²) < 4.78 is 25.6. The molecule has 1 amide bonds. The first-order valence-electron chi connectivity index (χ1n) is 6.70. The fourth-order valence-corrected chi connectivity index (χ4v) is 2.75. The Bertz CT molecular complexity index is 845.